The number of rotatable bonds is 3. The molecule has 19 heavy (non-hydrogen) atoms. The van der Waals surface area contributed by atoms with E-state index in [0.29, 0.717) is 5.56 Å². The highest BCUT2D eigenvalue weighted by atomic mass is 127. The number of carbonyl (C=O) groups is 1. The molecule has 0 spiro atoms. The van der Waals surface area contributed by atoms with Crippen molar-refractivity contribution in [2.45, 2.75) is 37.0 Å². The summed E-state index contributed by atoms with van der Waals surface area (Å²) in [6, 6.07) is 5.32. The molecular weight excluding hydrogens is 373 g/mol. The molecule has 2 N–H and O–H groups in total. The first-order valence-corrected chi connectivity index (χ1v) is 8.79. The lowest BCUT2D eigenvalue weighted by Crippen LogP contribution is -2.38. The van der Waals surface area contributed by atoms with Gasteiger partial charge < -0.3 is 10.4 Å². The predicted octanol–water partition coefficient (Wildman–Crippen LogP) is 3.40. The number of phenols is 1. The fourth-order valence-corrected chi connectivity index (χ4v) is 3.44. The molecule has 1 fully saturated rings. The minimum Gasteiger partial charge on any atom is -0.507 e. The van der Waals surface area contributed by atoms with Gasteiger partial charge in [-0.2, -0.15) is 11.8 Å². The van der Waals surface area contributed by atoms with E-state index >= 15 is 0 Å². The maximum atomic E-state index is 12.1. The molecule has 0 aliphatic heterocycles. The summed E-state index contributed by atoms with van der Waals surface area (Å²) in [7, 11) is 0. The number of carbonyl (C=O) groups excluding carboxylic acids is 1. The van der Waals surface area contributed by atoms with Crippen molar-refractivity contribution in [2.24, 2.45) is 0 Å². The summed E-state index contributed by atoms with van der Waals surface area (Å²) in [6.07, 6.45) is 6.59. The van der Waals surface area contributed by atoms with Gasteiger partial charge in [-0.05, 0) is 72.7 Å². The molecule has 0 unspecified atom stereocenters. The van der Waals surface area contributed by atoms with Crippen LogP contribution in [-0.4, -0.2) is 28.6 Å². The first kappa shape index (κ1) is 15.0. The molecule has 1 aromatic rings. The van der Waals surface area contributed by atoms with Crippen LogP contribution in [0, 0.1) is 3.57 Å². The van der Waals surface area contributed by atoms with Gasteiger partial charge in [-0.25, -0.2) is 0 Å². The number of amides is 1. The lowest BCUT2D eigenvalue weighted by atomic mass is 9.94. The zero-order chi connectivity index (χ0) is 13.8. The minimum atomic E-state index is -0.0840. The molecule has 1 saturated carbocycles. The molecule has 1 aliphatic rings. The van der Waals surface area contributed by atoms with E-state index in [-0.39, 0.29) is 17.7 Å². The molecule has 0 radical (unpaired) electrons. The second kappa shape index (κ2) is 6.83. The molecule has 104 valence electrons. The average molecular weight is 391 g/mol. The number of thioether (sulfide) groups is 1. The molecule has 0 heterocycles. The Hall–Kier alpha value is -0.430. The zero-order valence-electron chi connectivity index (χ0n) is 10.9. The van der Waals surface area contributed by atoms with E-state index in [2.05, 4.69) is 11.6 Å². The van der Waals surface area contributed by atoms with Crippen LogP contribution in [0.1, 0.15) is 36.0 Å². The van der Waals surface area contributed by atoms with Crippen molar-refractivity contribution in [3.8, 4) is 5.75 Å². The van der Waals surface area contributed by atoms with Crippen molar-refractivity contribution in [1.29, 1.82) is 0 Å². The Morgan fingerprint density at radius 2 is 2.05 bits per heavy atom. The van der Waals surface area contributed by atoms with E-state index in [9.17, 15) is 9.90 Å². The van der Waals surface area contributed by atoms with Gasteiger partial charge in [-0.15, -0.1) is 0 Å². The lowest BCUT2D eigenvalue weighted by Gasteiger charge is -2.28. The number of aromatic hydroxyl groups is 1. The van der Waals surface area contributed by atoms with Gasteiger partial charge in [-0.1, -0.05) is 0 Å². The van der Waals surface area contributed by atoms with Crippen molar-refractivity contribution in [2.75, 3.05) is 6.26 Å². The summed E-state index contributed by atoms with van der Waals surface area (Å²) in [5, 5.41) is 13.4. The highest BCUT2D eigenvalue weighted by molar-refractivity contribution is 14.1. The SMILES string of the molecule is CSC1CCC(NC(=O)c2ccc(I)c(O)c2)CC1. The van der Waals surface area contributed by atoms with Crippen molar-refractivity contribution in [3.05, 3.63) is 27.3 Å². The Labute approximate surface area is 131 Å². The quantitative estimate of drug-likeness (QED) is 0.777. The number of hydrogen-bond donors (Lipinski definition) is 2. The van der Waals surface area contributed by atoms with Crippen LogP contribution in [0.4, 0.5) is 0 Å². The third-order valence-corrected chi connectivity index (χ3v) is 5.60. The predicted molar refractivity (Wildman–Crippen MR) is 87.8 cm³/mol. The Balaban J connectivity index is 1.92. The number of benzene rings is 1. The van der Waals surface area contributed by atoms with Gasteiger partial charge in [0.15, 0.2) is 0 Å². The van der Waals surface area contributed by atoms with E-state index < -0.39 is 0 Å². The average Bonchev–Trinajstić information content (AvgIpc) is 2.42. The lowest BCUT2D eigenvalue weighted by molar-refractivity contribution is 0.0927. The zero-order valence-corrected chi connectivity index (χ0v) is 13.8. The van der Waals surface area contributed by atoms with E-state index in [0.717, 1.165) is 21.7 Å². The fourth-order valence-electron chi connectivity index (χ4n) is 2.37. The molecule has 0 bridgehead atoms. The van der Waals surface area contributed by atoms with Crippen molar-refractivity contribution >= 4 is 40.3 Å². The van der Waals surface area contributed by atoms with Gasteiger partial charge in [0.05, 0.1) is 3.57 Å². The maximum Gasteiger partial charge on any atom is 0.251 e. The van der Waals surface area contributed by atoms with Gasteiger partial charge in [0.25, 0.3) is 5.91 Å². The van der Waals surface area contributed by atoms with Crippen molar-refractivity contribution < 1.29 is 9.90 Å². The van der Waals surface area contributed by atoms with Crippen LogP contribution in [0.2, 0.25) is 0 Å². The third kappa shape index (κ3) is 4.02. The van der Waals surface area contributed by atoms with Crippen LogP contribution in [-0.2, 0) is 0 Å². The summed E-state index contributed by atoms with van der Waals surface area (Å²) in [4.78, 5) is 12.1. The van der Waals surface area contributed by atoms with Gasteiger partial charge in [0.2, 0.25) is 0 Å². The fraction of sp³-hybridized carbons (Fsp3) is 0.500. The topological polar surface area (TPSA) is 49.3 Å². The largest absolute Gasteiger partial charge is 0.507 e. The minimum absolute atomic E-state index is 0.0840. The summed E-state index contributed by atoms with van der Waals surface area (Å²) in [5.41, 5.74) is 0.532. The molecule has 1 amide bonds. The Morgan fingerprint density at radius 1 is 1.37 bits per heavy atom. The van der Waals surface area contributed by atoms with Crippen LogP contribution in [0.5, 0.6) is 5.75 Å². The Bertz CT molecular complexity index is 459. The van der Waals surface area contributed by atoms with Gasteiger partial charge in [0.1, 0.15) is 5.75 Å². The van der Waals surface area contributed by atoms with E-state index in [1.165, 1.54) is 18.9 Å². The molecular formula is C14H18INO2S. The van der Waals surface area contributed by atoms with Gasteiger partial charge in [-0.3, -0.25) is 4.79 Å². The van der Waals surface area contributed by atoms with Crippen molar-refractivity contribution in [1.82, 2.24) is 5.32 Å². The first-order chi connectivity index (χ1) is 9.10. The highest BCUT2D eigenvalue weighted by Gasteiger charge is 2.22. The first-order valence-electron chi connectivity index (χ1n) is 6.42. The normalized spacial score (nSPS) is 23.1. The number of phenolic OH excluding ortho intramolecular Hbond substituents is 1. The molecule has 3 nitrogen and oxygen atoms in total. The maximum absolute atomic E-state index is 12.1. The molecule has 5 heteroatoms. The van der Waals surface area contributed by atoms with Crippen LogP contribution in [0.25, 0.3) is 0 Å². The third-order valence-electron chi connectivity index (χ3n) is 3.55. The van der Waals surface area contributed by atoms with E-state index in [1.807, 2.05) is 34.4 Å². The molecule has 0 atom stereocenters. The monoisotopic (exact) mass is 391 g/mol. The molecule has 1 aromatic carbocycles. The van der Waals surface area contributed by atoms with E-state index in [4.69, 9.17) is 0 Å². The van der Waals surface area contributed by atoms with E-state index in [1.54, 1.807) is 12.1 Å². The Morgan fingerprint density at radius 3 is 2.63 bits per heavy atom. The summed E-state index contributed by atoms with van der Waals surface area (Å²) < 4.78 is 0.759. The van der Waals surface area contributed by atoms with Crippen LogP contribution in [0.3, 0.4) is 0 Å². The number of halogens is 1. The van der Waals surface area contributed by atoms with Crippen LogP contribution < -0.4 is 5.32 Å². The van der Waals surface area contributed by atoms with Crippen LogP contribution >= 0.6 is 34.4 Å². The molecule has 1 aliphatic carbocycles. The standard InChI is InChI=1S/C14H18INO2S/c1-19-11-5-3-10(4-6-11)16-14(18)9-2-7-12(15)13(17)8-9/h2,7-8,10-11,17H,3-6H2,1H3,(H,16,18). The Kier molecular flexibility index (Phi) is 5.38. The molecule has 0 saturated heterocycles. The van der Waals surface area contributed by atoms with Gasteiger partial charge >= 0.3 is 0 Å². The second-order valence-corrected chi connectivity index (χ2v) is 7.15. The smallest absolute Gasteiger partial charge is 0.251 e. The van der Waals surface area contributed by atoms with Gasteiger partial charge in [0, 0.05) is 16.9 Å². The van der Waals surface area contributed by atoms with Crippen LogP contribution in [0.15, 0.2) is 18.2 Å². The molecule has 0 aromatic heterocycles. The number of hydrogen-bond acceptors (Lipinski definition) is 3. The summed E-state index contributed by atoms with van der Waals surface area (Å²) in [6.45, 7) is 0. The summed E-state index contributed by atoms with van der Waals surface area (Å²) in [5.74, 6) is 0.0821. The van der Waals surface area contributed by atoms with Crippen molar-refractivity contribution in [3.63, 3.8) is 0 Å². The molecule has 2 rings (SSSR count). The second-order valence-electron chi connectivity index (χ2n) is 4.85. The highest BCUT2D eigenvalue weighted by Crippen LogP contribution is 2.27. The summed E-state index contributed by atoms with van der Waals surface area (Å²) >= 11 is 3.96. The number of nitrogens with one attached hydrogen (secondary N) is 1.